The molecule has 1 aromatic carbocycles. The average Bonchev–Trinajstić information content (AvgIpc) is 2.53. The molecule has 138 valence electrons. The molecule has 1 rings (SSSR count). The number of nitrogens with zero attached hydrogens (tertiary/aromatic N) is 2. The number of nitrogens with one attached hydrogen (secondary N) is 2. The Morgan fingerprint density at radius 1 is 1.32 bits per heavy atom. The van der Waals surface area contributed by atoms with Crippen LogP contribution in [-0.4, -0.2) is 29.5 Å². The lowest BCUT2D eigenvalue weighted by atomic mass is 10.1. The van der Waals surface area contributed by atoms with Gasteiger partial charge in [0.05, 0.1) is 21.8 Å². The predicted molar refractivity (Wildman–Crippen MR) is 96.6 cm³/mol. The number of hydrogen-bond donors (Lipinski definition) is 5. The Kier molecular flexibility index (Phi) is 8.19. The molecule has 0 unspecified atom stereocenters. The number of benzene rings is 1. The lowest BCUT2D eigenvalue weighted by molar-refractivity contribution is -0.485. The molecule has 1 aromatic rings. The van der Waals surface area contributed by atoms with E-state index in [0.29, 0.717) is 35.0 Å². The number of carbonyl (C=O) groups is 1. The molecule has 1 atom stereocenters. The predicted octanol–water partition coefficient (Wildman–Crippen LogP) is 0.395. The number of rotatable bonds is 8. The summed E-state index contributed by atoms with van der Waals surface area (Å²) in [7, 11) is 0. The number of hydrogen-bond acceptors (Lipinski definition) is 5. The molecule has 8 N–H and O–H groups in total. The first-order valence-electron chi connectivity index (χ1n) is 7.19. The van der Waals surface area contributed by atoms with Crippen molar-refractivity contribution in [2.24, 2.45) is 16.6 Å². The maximum atomic E-state index is 11.9. The Labute approximate surface area is 153 Å². The Balaban J connectivity index is 2.36. The first kappa shape index (κ1) is 20.7. The van der Waals surface area contributed by atoms with Crippen LogP contribution in [0.5, 0.6) is 0 Å². The standard InChI is InChI=1S/C13H19Cl2N7O3/c14-8-4-7(5-9(15)11(8)17)6-20-12(23)10(16)2-1-3-19-13(18)21-22(24)25/h4-5,10H,1-3,6,16-17H2,(H,20,23)(H3,18,19,21)/t10-/m1/s1. The van der Waals surface area contributed by atoms with Crippen LogP contribution in [0, 0.1) is 10.1 Å². The third-order valence-electron chi connectivity index (χ3n) is 3.13. The summed E-state index contributed by atoms with van der Waals surface area (Å²) in [5.41, 5.74) is 17.6. The maximum absolute atomic E-state index is 11.9. The Morgan fingerprint density at radius 2 is 1.92 bits per heavy atom. The van der Waals surface area contributed by atoms with E-state index in [9.17, 15) is 14.9 Å². The van der Waals surface area contributed by atoms with E-state index >= 15 is 0 Å². The fourth-order valence-corrected chi connectivity index (χ4v) is 2.38. The third kappa shape index (κ3) is 7.42. The van der Waals surface area contributed by atoms with Gasteiger partial charge in [0.1, 0.15) is 5.10 Å². The summed E-state index contributed by atoms with van der Waals surface area (Å²) in [6.07, 6.45) is 0.829. The van der Waals surface area contributed by atoms with Crippen LogP contribution in [0.4, 0.5) is 5.69 Å². The topological polar surface area (TPSA) is 175 Å². The van der Waals surface area contributed by atoms with Gasteiger partial charge in [-0.15, -0.1) is 0 Å². The smallest absolute Gasteiger partial charge is 0.266 e. The van der Waals surface area contributed by atoms with Gasteiger partial charge in [-0.05, 0) is 30.5 Å². The van der Waals surface area contributed by atoms with E-state index in [1.54, 1.807) is 12.1 Å². The van der Waals surface area contributed by atoms with Crippen molar-refractivity contribution in [3.8, 4) is 0 Å². The first-order valence-corrected chi connectivity index (χ1v) is 7.95. The molecule has 0 saturated carbocycles. The lowest BCUT2D eigenvalue weighted by Gasteiger charge is -2.13. The van der Waals surface area contributed by atoms with Crippen LogP contribution in [0.2, 0.25) is 10.0 Å². The van der Waals surface area contributed by atoms with Crippen molar-refractivity contribution in [1.82, 2.24) is 10.6 Å². The van der Waals surface area contributed by atoms with Crippen LogP contribution in [0.25, 0.3) is 0 Å². The van der Waals surface area contributed by atoms with E-state index in [2.05, 4.69) is 15.7 Å². The molecule has 10 nitrogen and oxygen atoms in total. The second-order valence-electron chi connectivity index (χ2n) is 5.09. The number of nitro groups is 1. The van der Waals surface area contributed by atoms with Crippen LogP contribution in [0.1, 0.15) is 18.4 Å². The summed E-state index contributed by atoms with van der Waals surface area (Å²) in [4.78, 5) is 22.0. The van der Waals surface area contributed by atoms with Crippen molar-refractivity contribution in [2.45, 2.75) is 25.4 Å². The van der Waals surface area contributed by atoms with E-state index in [1.165, 1.54) is 0 Å². The highest BCUT2D eigenvalue weighted by molar-refractivity contribution is 6.38. The summed E-state index contributed by atoms with van der Waals surface area (Å²) >= 11 is 11.8. The van der Waals surface area contributed by atoms with E-state index in [1.807, 2.05) is 0 Å². The van der Waals surface area contributed by atoms with Crippen LogP contribution in [-0.2, 0) is 11.3 Å². The first-order chi connectivity index (χ1) is 11.7. The zero-order valence-corrected chi connectivity index (χ0v) is 14.7. The quantitative estimate of drug-likeness (QED) is 0.106. The van der Waals surface area contributed by atoms with E-state index in [4.69, 9.17) is 40.4 Å². The molecule has 25 heavy (non-hydrogen) atoms. The fraction of sp³-hybridized carbons (Fsp3) is 0.385. The van der Waals surface area contributed by atoms with Gasteiger partial charge in [0, 0.05) is 13.1 Å². The molecule has 0 spiro atoms. The number of nitrogen functional groups attached to an aromatic ring is 1. The number of anilines is 1. The molecule has 0 radical (unpaired) electrons. The number of hydrazone groups is 1. The lowest BCUT2D eigenvalue weighted by Crippen LogP contribution is -2.41. The van der Waals surface area contributed by atoms with E-state index in [0.717, 1.165) is 0 Å². The zero-order chi connectivity index (χ0) is 19.0. The highest BCUT2D eigenvalue weighted by Crippen LogP contribution is 2.28. The Morgan fingerprint density at radius 3 is 2.48 bits per heavy atom. The van der Waals surface area contributed by atoms with Gasteiger partial charge in [-0.25, -0.2) is 10.1 Å². The number of nitrogens with two attached hydrogens (primary N) is 3. The minimum Gasteiger partial charge on any atom is -0.396 e. The van der Waals surface area contributed by atoms with Gasteiger partial charge in [-0.3, -0.25) is 4.79 Å². The van der Waals surface area contributed by atoms with Crippen molar-refractivity contribution in [1.29, 1.82) is 0 Å². The summed E-state index contributed by atoms with van der Waals surface area (Å²) in [5, 5.41) is 17.9. The normalized spacial score (nSPS) is 12.5. The molecule has 0 aliphatic heterocycles. The largest absolute Gasteiger partial charge is 0.396 e. The fourth-order valence-electron chi connectivity index (χ4n) is 1.85. The molecule has 0 bridgehead atoms. The van der Waals surface area contributed by atoms with Gasteiger partial charge < -0.3 is 27.8 Å². The van der Waals surface area contributed by atoms with Crippen LogP contribution < -0.4 is 27.8 Å². The van der Waals surface area contributed by atoms with E-state index in [-0.39, 0.29) is 24.1 Å². The second-order valence-corrected chi connectivity index (χ2v) is 5.90. The minimum absolute atomic E-state index is 0.201. The monoisotopic (exact) mass is 391 g/mol. The number of halogens is 2. The van der Waals surface area contributed by atoms with Crippen LogP contribution >= 0.6 is 23.2 Å². The van der Waals surface area contributed by atoms with Gasteiger partial charge in [0.25, 0.3) is 5.96 Å². The molecule has 0 aromatic heterocycles. The van der Waals surface area contributed by atoms with Crippen LogP contribution in [0.3, 0.4) is 0 Å². The Bertz CT molecular complexity index is 646. The van der Waals surface area contributed by atoms with Crippen molar-refractivity contribution < 1.29 is 9.83 Å². The molecular formula is C13H19Cl2N7O3. The summed E-state index contributed by atoms with van der Waals surface area (Å²) in [5.74, 6) is -0.656. The molecular weight excluding hydrogens is 373 g/mol. The highest BCUT2D eigenvalue weighted by Gasteiger charge is 2.13. The number of amides is 1. The SMILES string of the molecule is N/C(=N/[N+](=O)[O-])NCCC[C@@H](N)C(=O)NCc1cc(Cl)c(N)c(Cl)c1. The number of carbonyl (C=O) groups excluding carboxylic acids is 1. The molecule has 0 heterocycles. The van der Waals surface area contributed by atoms with Crippen LogP contribution in [0.15, 0.2) is 17.2 Å². The number of guanidine groups is 1. The van der Waals surface area contributed by atoms with Gasteiger partial charge in [-0.2, -0.15) is 0 Å². The van der Waals surface area contributed by atoms with Crippen molar-refractivity contribution in [2.75, 3.05) is 12.3 Å². The van der Waals surface area contributed by atoms with Crippen molar-refractivity contribution >= 4 is 40.8 Å². The molecule has 0 saturated heterocycles. The highest BCUT2D eigenvalue weighted by atomic mass is 35.5. The van der Waals surface area contributed by atoms with Crippen molar-refractivity contribution in [3.63, 3.8) is 0 Å². The Hall–Kier alpha value is -2.30. The van der Waals surface area contributed by atoms with Gasteiger partial charge >= 0.3 is 0 Å². The second kappa shape index (κ2) is 9.87. The van der Waals surface area contributed by atoms with E-state index < -0.39 is 11.1 Å². The average molecular weight is 392 g/mol. The van der Waals surface area contributed by atoms with Gasteiger partial charge in [0.15, 0.2) is 5.03 Å². The molecule has 0 aliphatic carbocycles. The minimum atomic E-state index is -0.906. The van der Waals surface area contributed by atoms with Crippen molar-refractivity contribution in [3.05, 3.63) is 37.9 Å². The third-order valence-corrected chi connectivity index (χ3v) is 3.76. The molecule has 12 heteroatoms. The van der Waals surface area contributed by atoms with Gasteiger partial charge in [-0.1, -0.05) is 23.2 Å². The zero-order valence-electron chi connectivity index (χ0n) is 13.2. The molecule has 1 amide bonds. The summed E-state index contributed by atoms with van der Waals surface area (Å²) in [6, 6.07) is 2.47. The summed E-state index contributed by atoms with van der Waals surface area (Å²) in [6.45, 7) is 0.500. The molecule has 0 aliphatic rings. The summed E-state index contributed by atoms with van der Waals surface area (Å²) < 4.78 is 0. The maximum Gasteiger partial charge on any atom is 0.266 e. The molecule has 0 fully saturated rings. The van der Waals surface area contributed by atoms with Gasteiger partial charge in [0.2, 0.25) is 5.91 Å².